The summed E-state index contributed by atoms with van der Waals surface area (Å²) < 4.78 is 15.4. The average molecular weight is 301 g/mol. The third kappa shape index (κ3) is 2.87. The number of halogens is 1. The highest BCUT2D eigenvalue weighted by atomic mass is 32.2. The summed E-state index contributed by atoms with van der Waals surface area (Å²) in [5, 5.41) is 12.2. The van der Waals surface area contributed by atoms with Gasteiger partial charge >= 0.3 is 0 Å². The number of rotatable bonds is 4. The quantitative estimate of drug-likeness (QED) is 0.592. The Morgan fingerprint density at radius 2 is 1.90 bits per heavy atom. The van der Waals surface area contributed by atoms with Gasteiger partial charge in [-0.3, -0.25) is 0 Å². The van der Waals surface area contributed by atoms with Gasteiger partial charge in [0, 0.05) is 17.0 Å². The molecule has 0 saturated carbocycles. The van der Waals surface area contributed by atoms with Gasteiger partial charge in [0.15, 0.2) is 0 Å². The van der Waals surface area contributed by atoms with Gasteiger partial charge in [0.1, 0.15) is 5.82 Å². The number of nitrogens with two attached hydrogens (primary N) is 1. The molecule has 3 rings (SSSR count). The average Bonchev–Trinajstić information content (AvgIpc) is 2.96. The number of hydrogen-bond donors (Lipinski definition) is 1. The van der Waals surface area contributed by atoms with Crippen molar-refractivity contribution in [1.82, 2.24) is 20.2 Å². The standard InChI is InChI=1S/C14H12FN5S/c15-12-7-4-8-13(16)11(12)9-21-14-17-18-19-20(14)10-5-2-1-3-6-10/h1-8H,9,16H2. The first-order valence-corrected chi connectivity index (χ1v) is 7.24. The van der Waals surface area contributed by atoms with Crippen LogP contribution in [0.4, 0.5) is 10.1 Å². The Hall–Kier alpha value is -2.41. The van der Waals surface area contributed by atoms with Gasteiger partial charge in [-0.05, 0) is 34.7 Å². The largest absolute Gasteiger partial charge is 0.398 e. The summed E-state index contributed by atoms with van der Waals surface area (Å²) in [5.74, 6) is 0.0485. The van der Waals surface area contributed by atoms with Gasteiger partial charge in [0.05, 0.1) is 5.69 Å². The number of benzene rings is 2. The third-order valence-electron chi connectivity index (χ3n) is 2.94. The molecule has 1 aromatic heterocycles. The van der Waals surface area contributed by atoms with Crippen molar-refractivity contribution < 1.29 is 4.39 Å². The molecular formula is C14H12FN5S. The van der Waals surface area contributed by atoms with Gasteiger partial charge in [0.2, 0.25) is 5.16 Å². The van der Waals surface area contributed by atoms with E-state index in [9.17, 15) is 4.39 Å². The summed E-state index contributed by atoms with van der Waals surface area (Å²) in [4.78, 5) is 0. The summed E-state index contributed by atoms with van der Waals surface area (Å²) in [6.45, 7) is 0. The van der Waals surface area contributed by atoms with Crippen molar-refractivity contribution in [3.8, 4) is 5.69 Å². The molecule has 0 amide bonds. The topological polar surface area (TPSA) is 69.6 Å². The smallest absolute Gasteiger partial charge is 0.214 e. The first kappa shape index (κ1) is 13.6. The van der Waals surface area contributed by atoms with Crippen molar-refractivity contribution >= 4 is 17.4 Å². The fourth-order valence-corrected chi connectivity index (χ4v) is 2.80. The van der Waals surface area contributed by atoms with Crippen LogP contribution < -0.4 is 5.73 Å². The predicted molar refractivity (Wildman–Crippen MR) is 79.5 cm³/mol. The summed E-state index contributed by atoms with van der Waals surface area (Å²) in [7, 11) is 0. The molecule has 2 aromatic carbocycles. The lowest BCUT2D eigenvalue weighted by Gasteiger charge is -2.07. The van der Waals surface area contributed by atoms with Crippen LogP contribution in [-0.4, -0.2) is 20.2 Å². The van der Waals surface area contributed by atoms with Crippen LogP contribution in [0.25, 0.3) is 5.69 Å². The Morgan fingerprint density at radius 3 is 2.67 bits per heavy atom. The fraction of sp³-hybridized carbons (Fsp3) is 0.0714. The Kier molecular flexibility index (Phi) is 3.83. The van der Waals surface area contributed by atoms with Gasteiger partial charge < -0.3 is 5.73 Å². The first-order chi connectivity index (χ1) is 10.3. The minimum Gasteiger partial charge on any atom is -0.398 e. The number of aromatic nitrogens is 4. The Labute approximate surface area is 125 Å². The zero-order chi connectivity index (χ0) is 14.7. The maximum absolute atomic E-state index is 13.8. The normalized spacial score (nSPS) is 10.7. The van der Waals surface area contributed by atoms with Crippen molar-refractivity contribution in [3.05, 3.63) is 59.9 Å². The van der Waals surface area contributed by atoms with E-state index in [-0.39, 0.29) is 5.82 Å². The van der Waals surface area contributed by atoms with E-state index in [1.807, 2.05) is 30.3 Å². The van der Waals surface area contributed by atoms with Crippen LogP contribution in [0.15, 0.2) is 53.7 Å². The Bertz CT molecular complexity index is 724. The monoisotopic (exact) mass is 301 g/mol. The van der Waals surface area contributed by atoms with Crippen LogP contribution in [0.5, 0.6) is 0 Å². The van der Waals surface area contributed by atoms with Crippen LogP contribution in [0.3, 0.4) is 0 Å². The van der Waals surface area contributed by atoms with E-state index in [1.54, 1.807) is 16.8 Å². The van der Waals surface area contributed by atoms with Crippen molar-refractivity contribution in [2.75, 3.05) is 5.73 Å². The molecule has 0 saturated heterocycles. The second kappa shape index (κ2) is 5.92. The van der Waals surface area contributed by atoms with Gasteiger partial charge in [-0.1, -0.05) is 36.0 Å². The molecule has 0 unspecified atom stereocenters. The molecule has 2 N–H and O–H groups in total. The van der Waals surface area contributed by atoms with Gasteiger partial charge in [-0.15, -0.1) is 5.10 Å². The van der Waals surface area contributed by atoms with E-state index < -0.39 is 0 Å². The highest BCUT2D eigenvalue weighted by molar-refractivity contribution is 7.98. The molecule has 3 aromatic rings. The van der Waals surface area contributed by atoms with Crippen molar-refractivity contribution in [2.24, 2.45) is 0 Å². The van der Waals surface area contributed by atoms with Crippen molar-refractivity contribution in [2.45, 2.75) is 10.9 Å². The SMILES string of the molecule is Nc1cccc(F)c1CSc1nnnn1-c1ccccc1. The molecule has 0 radical (unpaired) electrons. The zero-order valence-electron chi connectivity index (χ0n) is 11.0. The van der Waals surface area contributed by atoms with E-state index in [0.29, 0.717) is 22.2 Å². The second-order valence-electron chi connectivity index (χ2n) is 4.31. The lowest BCUT2D eigenvalue weighted by Crippen LogP contribution is -2.00. The second-order valence-corrected chi connectivity index (χ2v) is 5.25. The number of anilines is 1. The molecule has 0 aliphatic rings. The molecular weight excluding hydrogens is 289 g/mol. The molecule has 0 aliphatic carbocycles. The molecule has 0 bridgehead atoms. The fourth-order valence-electron chi connectivity index (χ4n) is 1.86. The number of hydrogen-bond acceptors (Lipinski definition) is 5. The highest BCUT2D eigenvalue weighted by Gasteiger charge is 2.12. The van der Waals surface area contributed by atoms with Crippen LogP contribution in [0.2, 0.25) is 0 Å². The van der Waals surface area contributed by atoms with Gasteiger partial charge in [0.25, 0.3) is 0 Å². The Morgan fingerprint density at radius 1 is 1.10 bits per heavy atom. The summed E-state index contributed by atoms with van der Waals surface area (Å²) in [5.41, 5.74) is 7.55. The minimum absolute atomic E-state index is 0.318. The summed E-state index contributed by atoms with van der Waals surface area (Å²) >= 11 is 1.34. The Balaban J connectivity index is 1.83. The molecule has 0 spiro atoms. The van der Waals surface area contributed by atoms with E-state index in [1.165, 1.54) is 17.8 Å². The van der Waals surface area contributed by atoms with E-state index >= 15 is 0 Å². The summed E-state index contributed by atoms with van der Waals surface area (Å²) in [6.07, 6.45) is 0. The number of nitrogen functional groups attached to an aromatic ring is 1. The molecule has 0 fully saturated rings. The molecule has 7 heteroatoms. The number of para-hydroxylation sites is 1. The molecule has 21 heavy (non-hydrogen) atoms. The molecule has 106 valence electrons. The highest BCUT2D eigenvalue weighted by Crippen LogP contribution is 2.26. The van der Waals surface area contributed by atoms with E-state index in [4.69, 9.17) is 5.73 Å². The number of tetrazole rings is 1. The number of thioether (sulfide) groups is 1. The first-order valence-electron chi connectivity index (χ1n) is 6.25. The maximum atomic E-state index is 13.8. The van der Waals surface area contributed by atoms with Crippen LogP contribution in [0.1, 0.15) is 5.56 Å². The molecule has 1 heterocycles. The van der Waals surface area contributed by atoms with Crippen molar-refractivity contribution in [3.63, 3.8) is 0 Å². The zero-order valence-corrected chi connectivity index (χ0v) is 11.8. The van der Waals surface area contributed by atoms with Gasteiger partial charge in [-0.25, -0.2) is 4.39 Å². The van der Waals surface area contributed by atoms with Crippen LogP contribution in [0, 0.1) is 5.82 Å². The van der Waals surface area contributed by atoms with Crippen LogP contribution >= 0.6 is 11.8 Å². The lowest BCUT2D eigenvalue weighted by molar-refractivity contribution is 0.618. The minimum atomic E-state index is -0.318. The summed E-state index contributed by atoms with van der Waals surface area (Å²) in [6, 6.07) is 14.2. The van der Waals surface area contributed by atoms with Crippen molar-refractivity contribution in [1.29, 1.82) is 0 Å². The molecule has 5 nitrogen and oxygen atoms in total. The number of nitrogens with zero attached hydrogens (tertiary/aromatic N) is 4. The predicted octanol–water partition coefficient (Wildman–Crippen LogP) is 2.68. The lowest BCUT2D eigenvalue weighted by atomic mass is 10.2. The van der Waals surface area contributed by atoms with E-state index in [2.05, 4.69) is 15.5 Å². The molecule has 0 atom stereocenters. The third-order valence-corrected chi connectivity index (χ3v) is 3.89. The van der Waals surface area contributed by atoms with Gasteiger partial charge in [-0.2, -0.15) is 4.68 Å². The maximum Gasteiger partial charge on any atom is 0.214 e. The van der Waals surface area contributed by atoms with E-state index in [0.717, 1.165) is 5.69 Å². The van der Waals surface area contributed by atoms with Crippen LogP contribution in [-0.2, 0) is 5.75 Å². The molecule has 0 aliphatic heterocycles.